The van der Waals surface area contributed by atoms with Crippen LogP contribution >= 0.6 is 11.6 Å². The van der Waals surface area contributed by atoms with Gasteiger partial charge in [-0.1, -0.05) is 25.4 Å². The molecule has 0 spiro atoms. The molecule has 0 atom stereocenters. The van der Waals surface area contributed by atoms with Crippen molar-refractivity contribution in [1.29, 1.82) is 0 Å². The van der Waals surface area contributed by atoms with Crippen LogP contribution in [0.2, 0.25) is 5.15 Å². The highest BCUT2D eigenvalue weighted by molar-refractivity contribution is 6.29. The van der Waals surface area contributed by atoms with Gasteiger partial charge in [0.05, 0.1) is 6.54 Å². The second kappa shape index (κ2) is 5.60. The van der Waals surface area contributed by atoms with Crippen LogP contribution in [0.15, 0.2) is 10.9 Å². The highest BCUT2D eigenvalue weighted by atomic mass is 35.5. The maximum Gasteiger partial charge on any atom is 0.255 e. The number of fused-ring (bicyclic) bond motifs is 1. The van der Waals surface area contributed by atoms with Gasteiger partial charge in [-0.25, -0.2) is 4.98 Å². The minimum absolute atomic E-state index is 0.111. The molecule has 0 aliphatic carbocycles. The number of rotatable bonds is 3. The van der Waals surface area contributed by atoms with Crippen LogP contribution in [0.5, 0.6) is 0 Å². The number of aryl methyl sites for hydroxylation is 1. The Morgan fingerprint density at radius 1 is 1.33 bits per heavy atom. The highest BCUT2D eigenvalue weighted by Gasteiger charge is 2.18. The lowest BCUT2D eigenvalue weighted by molar-refractivity contribution is 0.494. The van der Waals surface area contributed by atoms with Crippen LogP contribution in [0.4, 0.5) is 0 Å². The van der Waals surface area contributed by atoms with Gasteiger partial charge in [0, 0.05) is 24.9 Å². The van der Waals surface area contributed by atoms with E-state index in [1.165, 1.54) is 6.07 Å². The largest absolute Gasteiger partial charge is 0.313 e. The molecular weight excluding hydrogens is 290 g/mol. The average Bonchev–Trinajstić information content (AvgIpc) is 2.84. The van der Waals surface area contributed by atoms with Gasteiger partial charge in [-0.2, -0.15) is 0 Å². The SMILES string of the molecule is CC(C)c1nc(Cl)cc(=O)n1Cc1nnc2n1CCCC2. The molecule has 0 N–H and O–H groups in total. The van der Waals surface area contributed by atoms with Gasteiger partial charge in [-0.3, -0.25) is 9.36 Å². The third kappa shape index (κ3) is 2.72. The summed E-state index contributed by atoms with van der Waals surface area (Å²) in [6.45, 7) is 5.30. The summed E-state index contributed by atoms with van der Waals surface area (Å²) in [5, 5.41) is 8.71. The number of aromatic nitrogens is 5. The summed E-state index contributed by atoms with van der Waals surface area (Å²) in [6, 6.07) is 1.35. The summed E-state index contributed by atoms with van der Waals surface area (Å²) in [5.41, 5.74) is -0.146. The minimum Gasteiger partial charge on any atom is -0.313 e. The first-order chi connectivity index (χ1) is 10.1. The van der Waals surface area contributed by atoms with Crippen LogP contribution in [0.3, 0.4) is 0 Å². The molecule has 0 aromatic carbocycles. The Balaban J connectivity index is 2.02. The summed E-state index contributed by atoms with van der Waals surface area (Å²) < 4.78 is 3.76. The molecule has 3 rings (SSSR count). The van der Waals surface area contributed by atoms with Crippen molar-refractivity contribution in [3.05, 3.63) is 39.0 Å². The van der Waals surface area contributed by atoms with E-state index < -0.39 is 0 Å². The summed E-state index contributed by atoms with van der Waals surface area (Å²) >= 11 is 5.91. The molecule has 1 aliphatic rings. The second-order valence-electron chi connectivity index (χ2n) is 5.66. The van der Waals surface area contributed by atoms with E-state index in [4.69, 9.17) is 11.6 Å². The molecule has 0 radical (unpaired) electrons. The Kier molecular flexibility index (Phi) is 3.80. The molecule has 2 aromatic heterocycles. The van der Waals surface area contributed by atoms with E-state index in [1.54, 1.807) is 4.57 Å². The number of halogens is 1. The molecule has 0 amide bonds. The fraction of sp³-hybridized carbons (Fsp3) is 0.571. The lowest BCUT2D eigenvalue weighted by Crippen LogP contribution is -2.27. The van der Waals surface area contributed by atoms with Gasteiger partial charge < -0.3 is 4.57 Å². The van der Waals surface area contributed by atoms with E-state index in [9.17, 15) is 4.79 Å². The molecule has 0 saturated heterocycles. The molecule has 7 heteroatoms. The fourth-order valence-electron chi connectivity index (χ4n) is 2.72. The minimum atomic E-state index is -0.146. The summed E-state index contributed by atoms with van der Waals surface area (Å²) in [7, 11) is 0. The molecule has 0 fully saturated rings. The monoisotopic (exact) mass is 307 g/mol. The number of hydrogen-bond acceptors (Lipinski definition) is 4. The lowest BCUT2D eigenvalue weighted by atomic mass is 10.1. The van der Waals surface area contributed by atoms with E-state index in [0.717, 1.165) is 37.5 Å². The van der Waals surface area contributed by atoms with Crippen molar-refractivity contribution in [3.63, 3.8) is 0 Å². The topological polar surface area (TPSA) is 65.6 Å². The first-order valence-electron chi connectivity index (χ1n) is 7.24. The fourth-order valence-corrected chi connectivity index (χ4v) is 2.90. The molecule has 0 saturated carbocycles. The van der Waals surface area contributed by atoms with Gasteiger partial charge in [0.1, 0.15) is 16.8 Å². The van der Waals surface area contributed by atoms with E-state index >= 15 is 0 Å². The predicted octanol–water partition coefficient (Wildman–Crippen LogP) is 2.00. The van der Waals surface area contributed by atoms with Gasteiger partial charge in [0.15, 0.2) is 5.82 Å². The Hall–Kier alpha value is -1.69. The molecule has 112 valence electrons. The predicted molar refractivity (Wildman–Crippen MR) is 79.7 cm³/mol. The second-order valence-corrected chi connectivity index (χ2v) is 6.04. The van der Waals surface area contributed by atoms with Gasteiger partial charge >= 0.3 is 0 Å². The van der Waals surface area contributed by atoms with Crippen molar-refractivity contribution in [2.45, 2.75) is 52.1 Å². The third-order valence-corrected chi connectivity index (χ3v) is 3.95. The Labute approximate surface area is 127 Å². The van der Waals surface area contributed by atoms with Crippen molar-refractivity contribution in [1.82, 2.24) is 24.3 Å². The van der Waals surface area contributed by atoms with Gasteiger partial charge in [0.25, 0.3) is 5.56 Å². The lowest BCUT2D eigenvalue weighted by Gasteiger charge is -2.17. The molecule has 1 aliphatic heterocycles. The van der Waals surface area contributed by atoms with E-state index in [-0.39, 0.29) is 16.6 Å². The molecule has 21 heavy (non-hydrogen) atoms. The van der Waals surface area contributed by atoms with Crippen LogP contribution in [0.25, 0.3) is 0 Å². The zero-order valence-corrected chi connectivity index (χ0v) is 13.0. The van der Waals surface area contributed by atoms with E-state index in [2.05, 4.69) is 19.7 Å². The Morgan fingerprint density at radius 2 is 2.14 bits per heavy atom. The number of hydrogen-bond donors (Lipinski definition) is 0. The maximum atomic E-state index is 12.2. The zero-order valence-electron chi connectivity index (χ0n) is 12.2. The van der Waals surface area contributed by atoms with Crippen molar-refractivity contribution >= 4 is 11.6 Å². The van der Waals surface area contributed by atoms with Crippen molar-refractivity contribution in [2.24, 2.45) is 0 Å². The van der Waals surface area contributed by atoms with Crippen molar-refractivity contribution < 1.29 is 0 Å². The quantitative estimate of drug-likeness (QED) is 0.814. The first kappa shape index (κ1) is 14.3. The van der Waals surface area contributed by atoms with Crippen LogP contribution in [-0.4, -0.2) is 24.3 Å². The Morgan fingerprint density at radius 3 is 2.90 bits per heavy atom. The van der Waals surface area contributed by atoms with E-state index in [0.29, 0.717) is 12.4 Å². The molecule has 3 heterocycles. The van der Waals surface area contributed by atoms with Crippen LogP contribution in [0, 0.1) is 0 Å². The van der Waals surface area contributed by atoms with Crippen molar-refractivity contribution in [2.75, 3.05) is 0 Å². The van der Waals surface area contributed by atoms with Crippen LogP contribution in [-0.2, 0) is 19.5 Å². The van der Waals surface area contributed by atoms with Gasteiger partial charge in [0.2, 0.25) is 0 Å². The normalized spacial score (nSPS) is 14.5. The summed E-state index contributed by atoms with van der Waals surface area (Å²) in [5.74, 6) is 2.62. The average molecular weight is 308 g/mol. The summed E-state index contributed by atoms with van der Waals surface area (Å²) in [6.07, 6.45) is 3.23. The Bertz CT molecular complexity index is 719. The van der Waals surface area contributed by atoms with E-state index in [1.807, 2.05) is 13.8 Å². The van der Waals surface area contributed by atoms with Crippen molar-refractivity contribution in [3.8, 4) is 0 Å². The van der Waals surface area contributed by atoms with Gasteiger partial charge in [-0.05, 0) is 12.8 Å². The molecule has 2 aromatic rings. The summed E-state index contributed by atoms with van der Waals surface area (Å²) in [4.78, 5) is 16.5. The molecule has 0 unspecified atom stereocenters. The molecule has 6 nitrogen and oxygen atoms in total. The van der Waals surface area contributed by atoms with Crippen LogP contribution < -0.4 is 5.56 Å². The smallest absolute Gasteiger partial charge is 0.255 e. The molecule has 0 bridgehead atoms. The maximum absolute atomic E-state index is 12.2. The first-order valence-corrected chi connectivity index (χ1v) is 7.62. The highest BCUT2D eigenvalue weighted by Crippen LogP contribution is 2.17. The third-order valence-electron chi connectivity index (χ3n) is 3.76. The van der Waals surface area contributed by atoms with Gasteiger partial charge in [-0.15, -0.1) is 10.2 Å². The molecular formula is C14H18ClN5O. The standard InChI is InChI=1S/C14H18ClN5O/c1-9(2)14-16-10(15)7-13(21)20(14)8-12-18-17-11-5-3-4-6-19(11)12/h7,9H,3-6,8H2,1-2H3. The van der Waals surface area contributed by atoms with Crippen LogP contribution in [0.1, 0.15) is 50.1 Å². The number of nitrogens with zero attached hydrogens (tertiary/aromatic N) is 5. The zero-order chi connectivity index (χ0) is 15.0.